The first kappa shape index (κ1) is 22.3. The molecule has 0 bridgehead atoms. The van der Waals surface area contributed by atoms with Crippen molar-refractivity contribution >= 4 is 25.6 Å². The first-order valence-electron chi connectivity index (χ1n) is 10.5. The average Bonchev–Trinajstić information content (AvgIpc) is 3.11. The third-order valence-electron chi connectivity index (χ3n) is 4.86. The lowest BCUT2D eigenvalue weighted by Crippen LogP contribution is -2.55. The van der Waals surface area contributed by atoms with Gasteiger partial charge in [-0.1, -0.05) is 63.1 Å². The molecule has 0 atom stereocenters. The molecule has 0 spiro atoms. The molecule has 28 heavy (non-hydrogen) atoms. The number of tetrazole rings is 1. The smallest absolute Gasteiger partial charge is 0.329 e. The van der Waals surface area contributed by atoms with E-state index in [0.717, 1.165) is 12.2 Å². The summed E-state index contributed by atoms with van der Waals surface area (Å²) in [7, 11) is 0. The van der Waals surface area contributed by atoms with Gasteiger partial charge < -0.3 is 15.2 Å². The fraction of sp³-hybridized carbons (Fsp3) is 0.632. The topological polar surface area (TPSA) is 70.9 Å². The van der Waals surface area contributed by atoms with Crippen LogP contribution in [0.3, 0.4) is 0 Å². The standard InChI is InChI=1S/C19H35B2N7/c1-7-8-9-13-16-27(20(5)22-17-14-11-10-12-15-17)21(6)23-18-24-25-26-28(18)19(2,3)4/h10-12,14-15,22H,7-9,13,16H2,1-6H3,(H,23,24,26). The molecule has 7 nitrogen and oxygen atoms in total. The number of nitrogens with zero attached hydrogens (tertiary/aromatic N) is 5. The molecule has 2 aromatic rings. The van der Waals surface area contributed by atoms with E-state index in [1.54, 1.807) is 0 Å². The van der Waals surface area contributed by atoms with Crippen molar-refractivity contribution in [2.75, 3.05) is 17.0 Å². The number of nitrogens with one attached hydrogen (secondary N) is 2. The van der Waals surface area contributed by atoms with Gasteiger partial charge in [-0.25, -0.2) is 4.68 Å². The van der Waals surface area contributed by atoms with Crippen LogP contribution in [0.15, 0.2) is 30.3 Å². The molecule has 0 saturated carbocycles. The summed E-state index contributed by atoms with van der Waals surface area (Å²) in [6, 6.07) is 10.3. The van der Waals surface area contributed by atoms with Gasteiger partial charge in [0.15, 0.2) is 0 Å². The average molecular weight is 383 g/mol. The summed E-state index contributed by atoms with van der Waals surface area (Å²) in [5.74, 6) is 0.700. The second-order valence-corrected chi connectivity index (χ2v) is 8.39. The second kappa shape index (κ2) is 10.5. The molecule has 152 valence electrons. The van der Waals surface area contributed by atoms with E-state index in [0.29, 0.717) is 5.95 Å². The summed E-state index contributed by atoms with van der Waals surface area (Å²) in [6.45, 7) is 14.2. The van der Waals surface area contributed by atoms with Gasteiger partial charge in [-0.05, 0) is 56.3 Å². The highest BCUT2D eigenvalue weighted by Gasteiger charge is 2.29. The van der Waals surface area contributed by atoms with Crippen molar-refractivity contribution in [3.8, 4) is 0 Å². The van der Waals surface area contributed by atoms with E-state index < -0.39 is 0 Å². The van der Waals surface area contributed by atoms with Gasteiger partial charge in [0.25, 0.3) is 0 Å². The summed E-state index contributed by atoms with van der Waals surface area (Å²) in [4.78, 5) is 0. The van der Waals surface area contributed by atoms with Gasteiger partial charge in [-0.3, -0.25) is 0 Å². The number of hydrogen-bond acceptors (Lipinski definition) is 6. The van der Waals surface area contributed by atoms with Crippen molar-refractivity contribution < 1.29 is 0 Å². The number of benzene rings is 1. The quantitative estimate of drug-likeness (QED) is 0.450. The Morgan fingerprint density at radius 2 is 1.68 bits per heavy atom. The first-order valence-corrected chi connectivity index (χ1v) is 10.5. The van der Waals surface area contributed by atoms with Crippen LogP contribution in [-0.2, 0) is 5.54 Å². The number of unbranched alkanes of at least 4 members (excludes halogenated alkanes) is 3. The molecule has 2 rings (SSSR count). The normalized spacial score (nSPS) is 11.5. The van der Waals surface area contributed by atoms with Crippen molar-refractivity contribution in [1.82, 2.24) is 24.9 Å². The number of hydrogen-bond donors (Lipinski definition) is 2. The Morgan fingerprint density at radius 3 is 2.32 bits per heavy atom. The molecule has 0 aliphatic rings. The van der Waals surface area contributed by atoms with E-state index in [2.05, 4.69) is 96.3 Å². The van der Waals surface area contributed by atoms with E-state index in [4.69, 9.17) is 0 Å². The van der Waals surface area contributed by atoms with Crippen LogP contribution in [0.1, 0.15) is 53.4 Å². The predicted octanol–water partition coefficient (Wildman–Crippen LogP) is 4.07. The minimum absolute atomic E-state index is 0.0833. The van der Waals surface area contributed by atoms with Gasteiger partial charge in [-0.2, -0.15) is 0 Å². The van der Waals surface area contributed by atoms with Crippen molar-refractivity contribution in [3.05, 3.63) is 30.3 Å². The molecule has 0 aliphatic carbocycles. The van der Waals surface area contributed by atoms with Crippen molar-refractivity contribution in [1.29, 1.82) is 0 Å². The van der Waals surface area contributed by atoms with E-state index in [1.165, 1.54) is 25.7 Å². The van der Waals surface area contributed by atoms with Gasteiger partial charge >= 0.3 is 14.0 Å². The van der Waals surface area contributed by atoms with Crippen LogP contribution in [0.4, 0.5) is 11.6 Å². The maximum atomic E-state index is 4.20. The fourth-order valence-electron chi connectivity index (χ4n) is 3.30. The minimum Gasteiger partial charge on any atom is -0.415 e. The molecule has 0 amide bonds. The second-order valence-electron chi connectivity index (χ2n) is 8.39. The Labute approximate surface area is 170 Å². The Kier molecular flexibility index (Phi) is 8.35. The van der Waals surface area contributed by atoms with Crippen LogP contribution in [0.25, 0.3) is 0 Å². The summed E-state index contributed by atoms with van der Waals surface area (Å²) < 4.78 is 4.28. The highest BCUT2D eigenvalue weighted by atomic mass is 15.6. The molecule has 2 N–H and O–H groups in total. The van der Waals surface area contributed by atoms with Crippen molar-refractivity contribution in [2.45, 2.75) is 72.6 Å². The Morgan fingerprint density at radius 1 is 1.00 bits per heavy atom. The molecule has 1 heterocycles. The van der Waals surface area contributed by atoms with Crippen molar-refractivity contribution in [3.63, 3.8) is 0 Å². The van der Waals surface area contributed by atoms with Crippen LogP contribution >= 0.6 is 0 Å². The molecule has 0 radical (unpaired) electrons. The van der Waals surface area contributed by atoms with E-state index >= 15 is 0 Å². The highest BCUT2D eigenvalue weighted by molar-refractivity contribution is 6.74. The molecule has 1 aromatic heterocycles. The number of para-hydroxylation sites is 1. The zero-order valence-electron chi connectivity index (χ0n) is 18.3. The fourth-order valence-corrected chi connectivity index (χ4v) is 3.30. The Bertz CT molecular complexity index is 687. The highest BCUT2D eigenvalue weighted by Crippen LogP contribution is 2.18. The third-order valence-corrected chi connectivity index (χ3v) is 4.86. The van der Waals surface area contributed by atoms with Gasteiger partial charge in [0.2, 0.25) is 5.95 Å². The predicted molar refractivity (Wildman–Crippen MR) is 121 cm³/mol. The zero-order chi connectivity index (χ0) is 20.6. The van der Waals surface area contributed by atoms with E-state index in [9.17, 15) is 0 Å². The molecular formula is C19H35B2N7. The Hall–Kier alpha value is -2.02. The van der Waals surface area contributed by atoms with Crippen molar-refractivity contribution in [2.24, 2.45) is 0 Å². The van der Waals surface area contributed by atoms with Crippen LogP contribution in [0.5, 0.6) is 0 Å². The minimum atomic E-state index is -0.175. The maximum Gasteiger partial charge on any atom is 0.329 e. The van der Waals surface area contributed by atoms with Crippen LogP contribution in [-0.4, -0.2) is 45.4 Å². The molecule has 0 fully saturated rings. The molecule has 0 unspecified atom stereocenters. The van der Waals surface area contributed by atoms with Gasteiger partial charge in [-0.15, -0.1) is 0 Å². The third kappa shape index (κ3) is 6.55. The molecule has 1 aromatic carbocycles. The Balaban J connectivity index is 2.09. The van der Waals surface area contributed by atoms with Crippen LogP contribution < -0.4 is 10.5 Å². The number of aromatic nitrogens is 4. The van der Waals surface area contributed by atoms with Gasteiger partial charge in [0.1, 0.15) is 0 Å². The van der Waals surface area contributed by atoms with E-state index in [-0.39, 0.29) is 19.5 Å². The van der Waals surface area contributed by atoms with E-state index in [1.807, 2.05) is 10.7 Å². The van der Waals surface area contributed by atoms with Crippen LogP contribution in [0.2, 0.25) is 13.6 Å². The summed E-state index contributed by atoms with van der Waals surface area (Å²) >= 11 is 0. The molecule has 0 aliphatic heterocycles. The zero-order valence-corrected chi connectivity index (χ0v) is 18.3. The monoisotopic (exact) mass is 383 g/mol. The number of rotatable bonds is 11. The van der Waals surface area contributed by atoms with Gasteiger partial charge in [0, 0.05) is 5.69 Å². The summed E-state index contributed by atoms with van der Waals surface area (Å²) in [5.41, 5.74) is 0.950. The first-order chi connectivity index (χ1) is 13.3. The maximum absolute atomic E-state index is 4.20. The largest absolute Gasteiger partial charge is 0.415 e. The van der Waals surface area contributed by atoms with Gasteiger partial charge in [0.05, 0.1) is 5.54 Å². The molecule has 0 saturated heterocycles. The lowest BCUT2D eigenvalue weighted by molar-refractivity contribution is 0.352. The molecular weight excluding hydrogens is 348 g/mol. The lowest BCUT2D eigenvalue weighted by atomic mass is 9.62. The molecule has 9 heteroatoms. The number of anilines is 2. The lowest BCUT2D eigenvalue weighted by Gasteiger charge is -2.32. The SMILES string of the molecule is CCCCCCN(B(C)Nc1ccccc1)B(C)Nc1nnnn1C(C)(C)C. The summed E-state index contributed by atoms with van der Waals surface area (Å²) in [6.07, 6.45) is 4.94. The van der Waals surface area contributed by atoms with Crippen LogP contribution in [0, 0.1) is 0 Å². The summed E-state index contributed by atoms with van der Waals surface area (Å²) in [5, 5.41) is 19.4.